The highest BCUT2D eigenvalue weighted by molar-refractivity contribution is 14.0. The summed E-state index contributed by atoms with van der Waals surface area (Å²) >= 11 is 0. The Bertz CT molecular complexity index is 779. The zero-order valence-electron chi connectivity index (χ0n) is 18.6. The molecule has 0 aliphatic carbocycles. The fraction of sp³-hybridized carbons (Fsp3) is 0.524. The van der Waals surface area contributed by atoms with Crippen LogP contribution in [-0.4, -0.2) is 67.6 Å². The van der Waals surface area contributed by atoms with E-state index in [9.17, 15) is 14.4 Å². The number of benzene rings is 1. The van der Waals surface area contributed by atoms with Crippen molar-refractivity contribution in [1.29, 1.82) is 0 Å². The second kappa shape index (κ2) is 14.5. The number of halogens is 1. The Morgan fingerprint density at radius 2 is 1.78 bits per heavy atom. The molecule has 10 nitrogen and oxygen atoms in total. The van der Waals surface area contributed by atoms with E-state index in [0.717, 1.165) is 24.9 Å². The molecular weight excluding hydrogens is 527 g/mol. The van der Waals surface area contributed by atoms with Gasteiger partial charge in [-0.1, -0.05) is 12.1 Å². The van der Waals surface area contributed by atoms with Crippen molar-refractivity contribution in [3.63, 3.8) is 0 Å². The van der Waals surface area contributed by atoms with Crippen LogP contribution in [0.2, 0.25) is 0 Å². The largest absolute Gasteiger partial charge is 0.450 e. The first-order valence-electron chi connectivity index (χ1n) is 10.5. The molecule has 1 heterocycles. The number of hydrogen-bond acceptors (Lipinski definition) is 5. The van der Waals surface area contributed by atoms with Gasteiger partial charge in [-0.15, -0.1) is 24.0 Å². The van der Waals surface area contributed by atoms with E-state index in [1.165, 1.54) is 0 Å². The molecule has 0 aromatic heterocycles. The number of rotatable bonds is 8. The SMILES string of the molecule is CCNC(=NCc1ccc(C(=O)NCC(N)=O)cc1)NC1CCN(C(=O)OCC)CC1.I. The third-order valence-electron chi connectivity index (χ3n) is 4.77. The number of aliphatic imine (C=N–C) groups is 1. The van der Waals surface area contributed by atoms with E-state index in [1.807, 2.05) is 19.1 Å². The standard InChI is InChI=1S/C21H32N6O4.HI/c1-3-23-20(26-17-9-11-27(12-10-17)21(30)31-4-2)25-13-15-5-7-16(8-6-15)19(29)24-14-18(22)28;/h5-8,17H,3-4,9-14H2,1-2H3,(H2,22,28)(H,24,29)(H2,23,25,26);1H. The average molecular weight is 560 g/mol. The molecule has 1 aliphatic heterocycles. The molecule has 2 rings (SSSR count). The Morgan fingerprint density at radius 3 is 2.34 bits per heavy atom. The van der Waals surface area contributed by atoms with Crippen LogP contribution >= 0.6 is 24.0 Å². The second-order valence-electron chi connectivity index (χ2n) is 7.15. The minimum atomic E-state index is -0.589. The Balaban J connectivity index is 0.00000512. The summed E-state index contributed by atoms with van der Waals surface area (Å²) in [4.78, 5) is 40.9. The maximum absolute atomic E-state index is 11.9. The summed E-state index contributed by atoms with van der Waals surface area (Å²) in [5, 5.41) is 9.12. The molecule has 0 radical (unpaired) electrons. The summed E-state index contributed by atoms with van der Waals surface area (Å²) in [6, 6.07) is 7.24. The number of piperidine rings is 1. The highest BCUT2D eigenvalue weighted by Crippen LogP contribution is 2.12. The van der Waals surface area contributed by atoms with E-state index >= 15 is 0 Å². The van der Waals surface area contributed by atoms with Gasteiger partial charge in [0.2, 0.25) is 5.91 Å². The van der Waals surface area contributed by atoms with Crippen LogP contribution in [0.15, 0.2) is 29.3 Å². The van der Waals surface area contributed by atoms with Crippen molar-refractivity contribution in [2.24, 2.45) is 10.7 Å². The van der Waals surface area contributed by atoms with Gasteiger partial charge in [-0.05, 0) is 44.4 Å². The zero-order valence-corrected chi connectivity index (χ0v) is 20.9. The maximum Gasteiger partial charge on any atom is 0.409 e. The van der Waals surface area contributed by atoms with Crippen molar-refractivity contribution >= 4 is 47.8 Å². The number of guanidine groups is 1. The molecule has 1 saturated heterocycles. The molecule has 32 heavy (non-hydrogen) atoms. The first kappa shape index (κ1) is 27.5. The molecule has 3 amide bonds. The number of nitrogens with zero attached hydrogens (tertiary/aromatic N) is 2. The van der Waals surface area contributed by atoms with E-state index in [-0.39, 0.29) is 48.6 Å². The lowest BCUT2D eigenvalue weighted by molar-refractivity contribution is -0.117. The van der Waals surface area contributed by atoms with Crippen LogP contribution in [0, 0.1) is 0 Å². The fourth-order valence-corrected chi connectivity index (χ4v) is 3.14. The lowest BCUT2D eigenvalue weighted by Gasteiger charge is -2.32. The smallest absolute Gasteiger partial charge is 0.409 e. The van der Waals surface area contributed by atoms with Gasteiger partial charge in [0.25, 0.3) is 5.91 Å². The number of ether oxygens (including phenoxy) is 1. The minimum absolute atomic E-state index is 0. The molecule has 0 unspecified atom stereocenters. The van der Waals surface area contributed by atoms with Crippen LogP contribution in [0.3, 0.4) is 0 Å². The van der Waals surface area contributed by atoms with Gasteiger partial charge in [0.05, 0.1) is 19.7 Å². The summed E-state index contributed by atoms with van der Waals surface area (Å²) in [6.07, 6.45) is 1.38. The molecule has 1 aromatic carbocycles. The molecule has 0 bridgehead atoms. The van der Waals surface area contributed by atoms with Crippen LogP contribution in [-0.2, 0) is 16.1 Å². The van der Waals surface area contributed by atoms with E-state index in [2.05, 4.69) is 20.9 Å². The van der Waals surface area contributed by atoms with E-state index < -0.39 is 5.91 Å². The molecular formula is C21H33IN6O4. The first-order valence-corrected chi connectivity index (χ1v) is 10.5. The third kappa shape index (κ3) is 9.28. The van der Waals surface area contributed by atoms with Gasteiger partial charge >= 0.3 is 6.09 Å². The number of amides is 3. The molecule has 0 atom stereocenters. The van der Waals surface area contributed by atoms with Crippen LogP contribution in [0.4, 0.5) is 4.79 Å². The number of carbonyl (C=O) groups is 3. The highest BCUT2D eigenvalue weighted by Gasteiger charge is 2.24. The second-order valence-corrected chi connectivity index (χ2v) is 7.15. The number of hydrogen-bond donors (Lipinski definition) is 4. The monoisotopic (exact) mass is 560 g/mol. The number of nitrogens with one attached hydrogen (secondary N) is 3. The van der Waals surface area contributed by atoms with Gasteiger partial charge in [0, 0.05) is 31.2 Å². The Morgan fingerprint density at radius 1 is 1.12 bits per heavy atom. The summed E-state index contributed by atoms with van der Waals surface area (Å²) in [5.41, 5.74) is 6.43. The summed E-state index contributed by atoms with van der Waals surface area (Å²) in [6.45, 7) is 6.46. The maximum atomic E-state index is 11.9. The predicted molar refractivity (Wildman–Crippen MR) is 133 cm³/mol. The van der Waals surface area contributed by atoms with Crippen molar-refractivity contribution in [2.45, 2.75) is 39.3 Å². The Labute approximate surface area is 205 Å². The average Bonchev–Trinajstić information content (AvgIpc) is 2.77. The molecule has 5 N–H and O–H groups in total. The zero-order chi connectivity index (χ0) is 22.6. The van der Waals surface area contributed by atoms with Gasteiger partial charge in [-0.3, -0.25) is 9.59 Å². The van der Waals surface area contributed by atoms with Gasteiger partial charge in [-0.2, -0.15) is 0 Å². The van der Waals surface area contributed by atoms with Gasteiger partial charge < -0.3 is 31.3 Å². The van der Waals surface area contributed by atoms with E-state index in [1.54, 1.807) is 24.0 Å². The molecule has 11 heteroatoms. The third-order valence-corrected chi connectivity index (χ3v) is 4.77. The lowest BCUT2D eigenvalue weighted by Crippen LogP contribution is -2.49. The van der Waals surface area contributed by atoms with Gasteiger partial charge in [0.1, 0.15) is 0 Å². The number of nitrogens with two attached hydrogens (primary N) is 1. The number of primary amides is 1. The topological polar surface area (TPSA) is 138 Å². The van der Waals surface area contributed by atoms with E-state index in [0.29, 0.717) is 37.8 Å². The Hall–Kier alpha value is -2.57. The summed E-state index contributed by atoms with van der Waals surface area (Å²) in [5.74, 6) is -0.229. The van der Waals surface area contributed by atoms with Gasteiger partial charge in [0.15, 0.2) is 5.96 Å². The van der Waals surface area contributed by atoms with Gasteiger partial charge in [-0.25, -0.2) is 9.79 Å². The predicted octanol–water partition coefficient (Wildman–Crippen LogP) is 1.20. The van der Waals surface area contributed by atoms with Crippen LogP contribution in [0.25, 0.3) is 0 Å². The quantitative estimate of drug-likeness (QED) is 0.214. The van der Waals surface area contributed by atoms with Crippen molar-refractivity contribution in [3.05, 3.63) is 35.4 Å². The molecule has 1 fully saturated rings. The summed E-state index contributed by atoms with van der Waals surface area (Å²) < 4.78 is 5.06. The van der Waals surface area contributed by atoms with Crippen molar-refractivity contribution in [2.75, 3.05) is 32.8 Å². The van der Waals surface area contributed by atoms with Crippen molar-refractivity contribution in [1.82, 2.24) is 20.9 Å². The normalized spacial score (nSPS) is 14.2. The lowest BCUT2D eigenvalue weighted by atomic mass is 10.1. The highest BCUT2D eigenvalue weighted by atomic mass is 127. The number of likely N-dealkylation sites (tertiary alicyclic amines) is 1. The molecule has 1 aromatic rings. The molecule has 178 valence electrons. The molecule has 0 spiro atoms. The van der Waals surface area contributed by atoms with Crippen LogP contribution in [0.1, 0.15) is 42.6 Å². The van der Waals surface area contributed by atoms with Crippen LogP contribution in [0.5, 0.6) is 0 Å². The summed E-state index contributed by atoms with van der Waals surface area (Å²) in [7, 11) is 0. The van der Waals surface area contributed by atoms with Crippen molar-refractivity contribution < 1.29 is 19.1 Å². The van der Waals surface area contributed by atoms with E-state index in [4.69, 9.17) is 10.5 Å². The number of carbonyl (C=O) groups excluding carboxylic acids is 3. The first-order chi connectivity index (χ1) is 14.9. The Kier molecular flexibility index (Phi) is 12.4. The van der Waals surface area contributed by atoms with Crippen molar-refractivity contribution in [3.8, 4) is 0 Å². The fourth-order valence-electron chi connectivity index (χ4n) is 3.14. The minimum Gasteiger partial charge on any atom is -0.450 e. The molecule has 0 saturated carbocycles. The molecule has 1 aliphatic rings. The van der Waals surface area contributed by atoms with Crippen LogP contribution < -0.4 is 21.7 Å².